The molecule has 4 N–H and O–H groups in total. The molecule has 0 bridgehead atoms. The molecule has 0 aromatic rings. The van der Waals surface area contributed by atoms with Crippen LogP contribution >= 0.6 is 0 Å². The van der Waals surface area contributed by atoms with E-state index in [1.807, 2.05) is 27.7 Å². The normalized spacial score (nSPS) is 16.9. The van der Waals surface area contributed by atoms with Gasteiger partial charge in [0.1, 0.15) is 0 Å². The average Bonchev–Trinajstić information content (AvgIpc) is 2.16. The number of hydrogen-bond acceptors (Lipinski definition) is 0. The van der Waals surface area contributed by atoms with Gasteiger partial charge in [-0.25, -0.2) is 0 Å². The van der Waals surface area contributed by atoms with Crippen molar-refractivity contribution in [3.05, 3.63) is 22.9 Å². The quantitative estimate of drug-likeness (QED) is 0.594. The Kier molecular flexibility index (Phi) is 19.3. The topological polar surface area (TPSA) is 95.2 Å². The largest absolute Gasteiger partial charge is 2.00 e. The molecule has 0 rings (SSSR count). The summed E-state index contributed by atoms with van der Waals surface area (Å²) >= 11 is 0. The van der Waals surface area contributed by atoms with E-state index < -0.39 is 0 Å². The van der Waals surface area contributed by atoms with Crippen LogP contribution in [0.3, 0.4) is 0 Å². The van der Waals surface area contributed by atoms with Crippen LogP contribution in [0.4, 0.5) is 0 Å². The molecule has 0 aliphatic carbocycles. The minimum absolute atomic E-state index is 0. The molecule has 0 fully saturated rings. The van der Waals surface area contributed by atoms with Gasteiger partial charge in [0.05, 0.1) is 0 Å². The van der Waals surface area contributed by atoms with Gasteiger partial charge in [-0.3, -0.25) is 0 Å². The Morgan fingerprint density at radius 1 is 0.706 bits per heavy atom. The molecule has 0 aromatic heterocycles. The van der Waals surface area contributed by atoms with E-state index in [9.17, 15) is 0 Å². The van der Waals surface area contributed by atoms with Gasteiger partial charge in [0.25, 0.3) is 0 Å². The minimum atomic E-state index is -0.0579. The Morgan fingerprint density at radius 3 is 1.00 bits per heavy atom. The van der Waals surface area contributed by atoms with E-state index in [-0.39, 0.29) is 43.6 Å². The molecule has 0 spiro atoms. The molecular formula is C12H28N4Zn-2. The Bertz CT molecular complexity index is 126. The first-order valence-electron chi connectivity index (χ1n) is 6.17. The molecule has 0 aromatic carbocycles. The van der Waals surface area contributed by atoms with Gasteiger partial charge < -0.3 is 22.9 Å². The Labute approximate surface area is 120 Å². The van der Waals surface area contributed by atoms with Crippen LogP contribution in [-0.2, 0) is 19.5 Å². The van der Waals surface area contributed by atoms with E-state index >= 15 is 0 Å². The third kappa shape index (κ3) is 22.2. The van der Waals surface area contributed by atoms with Crippen LogP contribution in [0.5, 0.6) is 0 Å². The predicted molar refractivity (Wildman–Crippen MR) is 73.6 cm³/mol. The smallest absolute Gasteiger partial charge is 0.675 e. The van der Waals surface area contributed by atoms with Crippen molar-refractivity contribution in [2.75, 3.05) is 0 Å². The molecule has 17 heavy (non-hydrogen) atoms. The molecule has 0 aliphatic rings. The average molecular weight is 294 g/mol. The second kappa shape index (κ2) is 14.5. The molecule has 0 radical (unpaired) electrons. The third-order valence-corrected chi connectivity index (χ3v) is 2.26. The number of nitrogens with one attached hydrogen (secondary N) is 4. The zero-order valence-corrected chi connectivity index (χ0v) is 14.8. The van der Waals surface area contributed by atoms with E-state index in [1.165, 1.54) is 0 Å². The van der Waals surface area contributed by atoms with E-state index in [0.29, 0.717) is 0 Å². The summed E-state index contributed by atoms with van der Waals surface area (Å²) in [5.74, 6) is 0. The third-order valence-electron chi connectivity index (χ3n) is 2.26. The van der Waals surface area contributed by atoms with Crippen molar-refractivity contribution in [1.29, 1.82) is 0 Å². The molecule has 5 heteroatoms. The summed E-state index contributed by atoms with van der Waals surface area (Å²) in [4.78, 5) is 0. The van der Waals surface area contributed by atoms with Crippen LogP contribution in [0.1, 0.15) is 53.4 Å². The molecule has 0 heterocycles. The van der Waals surface area contributed by atoms with Crippen molar-refractivity contribution in [3.8, 4) is 0 Å². The fourth-order valence-electron chi connectivity index (χ4n) is 1.19. The van der Waals surface area contributed by atoms with Crippen LogP contribution in [0, 0.1) is 0 Å². The number of hydrogen-bond donors (Lipinski definition) is 0. The van der Waals surface area contributed by atoms with Gasteiger partial charge in [-0.15, -0.1) is 24.2 Å². The van der Waals surface area contributed by atoms with Crippen LogP contribution in [0.25, 0.3) is 22.9 Å². The monoisotopic (exact) mass is 292 g/mol. The number of rotatable bonds is 6. The molecule has 0 saturated carbocycles. The van der Waals surface area contributed by atoms with Gasteiger partial charge in [0.15, 0.2) is 0 Å². The second-order valence-corrected chi connectivity index (χ2v) is 4.48. The van der Waals surface area contributed by atoms with Crippen molar-refractivity contribution in [3.63, 3.8) is 0 Å². The maximum Gasteiger partial charge on any atom is 2.00 e. The fourth-order valence-corrected chi connectivity index (χ4v) is 1.19. The van der Waals surface area contributed by atoms with Crippen molar-refractivity contribution >= 4 is 0 Å². The van der Waals surface area contributed by atoms with Gasteiger partial charge in [0, 0.05) is 0 Å². The summed E-state index contributed by atoms with van der Waals surface area (Å²) in [6.07, 6.45) is 3.19. The summed E-state index contributed by atoms with van der Waals surface area (Å²) < 4.78 is 0. The Hall–Kier alpha value is 0.463. The first-order chi connectivity index (χ1) is 7.33. The van der Waals surface area contributed by atoms with Crippen LogP contribution in [-0.4, -0.2) is 24.2 Å². The van der Waals surface area contributed by atoms with Gasteiger partial charge in [-0.1, -0.05) is 53.4 Å². The zero-order chi connectivity index (χ0) is 13.1. The van der Waals surface area contributed by atoms with Crippen LogP contribution in [0.15, 0.2) is 0 Å². The van der Waals surface area contributed by atoms with Gasteiger partial charge >= 0.3 is 19.5 Å². The second-order valence-electron chi connectivity index (χ2n) is 4.48. The molecule has 0 saturated heterocycles. The summed E-state index contributed by atoms with van der Waals surface area (Å²) in [6, 6.07) is -0.139. The van der Waals surface area contributed by atoms with Gasteiger partial charge in [-0.05, 0) is 0 Å². The molecule has 4 nitrogen and oxygen atoms in total. The maximum atomic E-state index is 7.23. The minimum Gasteiger partial charge on any atom is -0.675 e. The SMILES string of the molecule is CCC([NH-])CC(C)[NH-].CCC([NH-])CC(C)[NH-].[Zn+2]. The standard InChI is InChI=1S/2C6H14N2.Zn/c2*1-3-6(8)4-5(2)7;/h2*5-8H,3-4H2,1-2H3;/q2*-2;+2. The summed E-state index contributed by atoms with van der Waals surface area (Å²) in [5, 5.41) is 0. The van der Waals surface area contributed by atoms with Crippen molar-refractivity contribution in [2.45, 2.75) is 77.5 Å². The van der Waals surface area contributed by atoms with Gasteiger partial charge in [0.2, 0.25) is 0 Å². The summed E-state index contributed by atoms with van der Waals surface area (Å²) in [5.41, 5.74) is 28.6. The Balaban J connectivity index is -0.000000218. The molecule has 0 aliphatic heterocycles. The first kappa shape index (κ1) is 22.6. The molecule has 4 atom stereocenters. The molecule has 0 amide bonds. The van der Waals surface area contributed by atoms with Crippen molar-refractivity contribution in [1.82, 2.24) is 0 Å². The Morgan fingerprint density at radius 2 is 0.941 bits per heavy atom. The maximum absolute atomic E-state index is 7.23. The summed E-state index contributed by atoms with van der Waals surface area (Å²) in [6.45, 7) is 7.63. The van der Waals surface area contributed by atoms with E-state index in [2.05, 4.69) is 0 Å². The molecule has 4 unspecified atom stereocenters. The first-order valence-corrected chi connectivity index (χ1v) is 6.17. The van der Waals surface area contributed by atoms with Crippen molar-refractivity contribution in [2.24, 2.45) is 0 Å². The summed E-state index contributed by atoms with van der Waals surface area (Å²) in [7, 11) is 0. The van der Waals surface area contributed by atoms with Crippen LogP contribution < -0.4 is 0 Å². The van der Waals surface area contributed by atoms with E-state index in [0.717, 1.165) is 25.7 Å². The molecule has 100 valence electrons. The van der Waals surface area contributed by atoms with E-state index in [4.69, 9.17) is 22.9 Å². The van der Waals surface area contributed by atoms with Gasteiger partial charge in [-0.2, -0.15) is 0 Å². The predicted octanol–water partition coefficient (Wildman–Crippen LogP) is 5.29. The fraction of sp³-hybridized carbons (Fsp3) is 1.00. The van der Waals surface area contributed by atoms with Crippen LogP contribution in [0.2, 0.25) is 0 Å². The van der Waals surface area contributed by atoms with E-state index in [1.54, 1.807) is 0 Å². The zero-order valence-electron chi connectivity index (χ0n) is 11.8. The van der Waals surface area contributed by atoms with Crippen molar-refractivity contribution < 1.29 is 19.5 Å². The molecular weight excluding hydrogens is 266 g/mol.